The number of nitrogens with one attached hydrogen (secondary N) is 2. The third kappa shape index (κ3) is 19.0. The minimum atomic E-state index is -3.80. The van der Waals surface area contributed by atoms with E-state index >= 15 is 0 Å². The largest absolute Gasteiger partial charge is 0.338 e. The molecule has 7 heteroatoms. The zero-order valence-corrected chi connectivity index (χ0v) is 15.7. The molecular weight excluding hydrogens is 328 g/mol. The summed E-state index contributed by atoms with van der Waals surface area (Å²) in [5.41, 5.74) is 0. The van der Waals surface area contributed by atoms with Crippen LogP contribution in [0.1, 0.15) is 71.1 Å². The van der Waals surface area contributed by atoms with E-state index in [1.54, 1.807) is 0 Å². The van der Waals surface area contributed by atoms with Crippen molar-refractivity contribution in [1.82, 2.24) is 10.6 Å². The molecule has 0 bridgehead atoms. The molecule has 0 unspecified atom stereocenters. The topological polar surface area (TPSA) is 95.5 Å². The zero-order chi connectivity index (χ0) is 18.1. The molecule has 6 nitrogen and oxygen atoms in total. The molecule has 0 aromatic carbocycles. The highest BCUT2D eigenvalue weighted by molar-refractivity contribution is 7.85. The molecule has 0 saturated heterocycles. The molecule has 0 atom stereocenters. The molecule has 0 radical (unpaired) electrons. The normalized spacial score (nSPS) is 11.8. The monoisotopic (exact) mass is 362 g/mol. The maximum absolute atomic E-state index is 11.4. The first kappa shape index (κ1) is 22.9. The Hall–Kier alpha value is -1.08. The lowest BCUT2D eigenvalue weighted by atomic mass is 10.1. The van der Waals surface area contributed by atoms with Gasteiger partial charge in [0.25, 0.3) is 10.1 Å². The highest BCUT2D eigenvalue weighted by Gasteiger charge is 2.02. The Morgan fingerprint density at radius 2 is 1.42 bits per heavy atom. The first-order valence-corrected chi connectivity index (χ1v) is 10.7. The van der Waals surface area contributed by atoms with Crippen molar-refractivity contribution in [3.8, 4) is 0 Å². The van der Waals surface area contributed by atoms with Gasteiger partial charge in [0, 0.05) is 13.1 Å². The lowest BCUT2D eigenvalue weighted by Crippen LogP contribution is -2.36. The highest BCUT2D eigenvalue weighted by atomic mass is 32.2. The van der Waals surface area contributed by atoms with Crippen LogP contribution in [0.4, 0.5) is 4.79 Å². The maximum Gasteiger partial charge on any atom is 0.314 e. The second-order valence-electron chi connectivity index (χ2n) is 5.99. The summed E-state index contributed by atoms with van der Waals surface area (Å²) in [6.45, 7) is 3.58. The number of urea groups is 1. The first-order chi connectivity index (χ1) is 11.5. The van der Waals surface area contributed by atoms with E-state index < -0.39 is 10.1 Å². The average molecular weight is 363 g/mol. The molecule has 2 amide bonds. The van der Waals surface area contributed by atoms with Gasteiger partial charge in [-0.05, 0) is 44.9 Å². The Morgan fingerprint density at radius 1 is 0.875 bits per heavy atom. The number of amides is 2. The summed E-state index contributed by atoms with van der Waals surface area (Å²) in [5, 5.41) is 5.70. The third-order valence-electron chi connectivity index (χ3n) is 3.59. The Morgan fingerprint density at radius 3 is 1.96 bits per heavy atom. The zero-order valence-electron chi connectivity index (χ0n) is 14.9. The quantitative estimate of drug-likeness (QED) is 0.235. The Bertz CT molecular complexity index is 436. The van der Waals surface area contributed by atoms with Gasteiger partial charge in [-0.15, -0.1) is 0 Å². The van der Waals surface area contributed by atoms with Crippen molar-refractivity contribution in [1.29, 1.82) is 0 Å². The van der Waals surface area contributed by atoms with Crippen molar-refractivity contribution in [2.24, 2.45) is 0 Å². The van der Waals surface area contributed by atoms with Gasteiger partial charge in [-0.1, -0.05) is 38.3 Å². The van der Waals surface area contributed by atoms with Crippen LogP contribution < -0.4 is 10.6 Å². The predicted molar refractivity (Wildman–Crippen MR) is 98.8 cm³/mol. The van der Waals surface area contributed by atoms with Crippen LogP contribution in [0, 0.1) is 0 Å². The standard InChI is InChI=1S/C17H34N2O4S/c1-2-3-11-14-18-17(20)19-15-12-9-7-5-4-6-8-10-13-16-24(21,22)23/h4-5H,2-3,6-16H2,1H3,(H2,18,19,20)(H,21,22,23)/b5-4+. The van der Waals surface area contributed by atoms with Crippen molar-refractivity contribution >= 4 is 16.1 Å². The lowest BCUT2D eigenvalue weighted by Gasteiger charge is -2.06. The van der Waals surface area contributed by atoms with E-state index in [1.165, 1.54) is 0 Å². The van der Waals surface area contributed by atoms with Crippen molar-refractivity contribution in [3.63, 3.8) is 0 Å². The van der Waals surface area contributed by atoms with E-state index in [4.69, 9.17) is 4.55 Å². The number of hydrogen-bond donors (Lipinski definition) is 3. The molecule has 0 spiro atoms. The van der Waals surface area contributed by atoms with Gasteiger partial charge in [0.15, 0.2) is 0 Å². The van der Waals surface area contributed by atoms with Crippen LogP contribution in [-0.2, 0) is 10.1 Å². The summed E-state index contributed by atoms with van der Waals surface area (Å²) in [6.07, 6.45) is 13.8. The van der Waals surface area contributed by atoms with Crippen molar-refractivity contribution in [3.05, 3.63) is 12.2 Å². The molecule has 0 fully saturated rings. The highest BCUT2D eigenvalue weighted by Crippen LogP contribution is 2.04. The van der Waals surface area contributed by atoms with Gasteiger partial charge in [-0.2, -0.15) is 8.42 Å². The molecule has 0 aromatic heterocycles. The van der Waals surface area contributed by atoms with E-state index in [0.29, 0.717) is 13.0 Å². The number of unbranched alkanes of at least 4 members (excludes halogenated alkanes) is 7. The molecule has 0 rings (SSSR count). The van der Waals surface area contributed by atoms with Gasteiger partial charge in [0.2, 0.25) is 0 Å². The molecule has 142 valence electrons. The SMILES string of the molecule is CCCCCNC(=O)NCCCC/C=C/CCCCCS(=O)(=O)O. The van der Waals surface area contributed by atoms with Gasteiger partial charge >= 0.3 is 6.03 Å². The summed E-state index contributed by atoms with van der Waals surface area (Å²) in [4.78, 5) is 11.4. The molecule has 3 N–H and O–H groups in total. The summed E-state index contributed by atoms with van der Waals surface area (Å²) < 4.78 is 29.6. The molecule has 0 aliphatic heterocycles. The summed E-state index contributed by atoms with van der Waals surface area (Å²) in [5.74, 6) is -0.143. The van der Waals surface area contributed by atoms with Crippen LogP contribution in [0.25, 0.3) is 0 Å². The van der Waals surface area contributed by atoms with Crippen molar-refractivity contribution in [2.75, 3.05) is 18.8 Å². The van der Waals surface area contributed by atoms with Crippen LogP contribution in [0.5, 0.6) is 0 Å². The minimum absolute atomic E-state index is 0.0773. The Kier molecular flexibility index (Phi) is 14.8. The fourth-order valence-electron chi connectivity index (χ4n) is 2.19. The van der Waals surface area contributed by atoms with E-state index in [2.05, 4.69) is 29.7 Å². The number of rotatable bonds is 15. The van der Waals surface area contributed by atoms with E-state index in [1.807, 2.05) is 0 Å². The average Bonchev–Trinajstić information content (AvgIpc) is 2.51. The number of hydrogen-bond acceptors (Lipinski definition) is 3. The first-order valence-electron chi connectivity index (χ1n) is 9.07. The van der Waals surface area contributed by atoms with Crippen LogP contribution in [-0.4, -0.2) is 37.8 Å². The van der Waals surface area contributed by atoms with Crippen molar-refractivity contribution < 1.29 is 17.8 Å². The van der Waals surface area contributed by atoms with Gasteiger partial charge in [-0.25, -0.2) is 4.79 Å². The van der Waals surface area contributed by atoms with Crippen LogP contribution >= 0.6 is 0 Å². The van der Waals surface area contributed by atoms with Gasteiger partial charge in [0.1, 0.15) is 0 Å². The Balaban J connectivity index is 3.30. The fraction of sp³-hybridized carbons (Fsp3) is 0.824. The summed E-state index contributed by atoms with van der Waals surface area (Å²) >= 11 is 0. The second kappa shape index (κ2) is 15.4. The maximum atomic E-state index is 11.4. The molecule has 0 heterocycles. The third-order valence-corrected chi connectivity index (χ3v) is 4.39. The van der Waals surface area contributed by atoms with E-state index in [9.17, 15) is 13.2 Å². The number of allylic oxidation sites excluding steroid dienone is 2. The lowest BCUT2D eigenvalue weighted by molar-refractivity contribution is 0.240. The summed E-state index contributed by atoms with van der Waals surface area (Å²) in [7, 11) is -3.80. The van der Waals surface area contributed by atoms with Crippen molar-refractivity contribution in [2.45, 2.75) is 71.1 Å². The molecule has 0 aromatic rings. The molecule has 0 saturated carbocycles. The molecule has 0 aliphatic carbocycles. The molecule has 0 aliphatic rings. The molecular formula is C17H34N2O4S. The second-order valence-corrected chi connectivity index (χ2v) is 7.56. The van der Waals surface area contributed by atoms with Crippen LogP contribution in [0.2, 0.25) is 0 Å². The fourth-order valence-corrected chi connectivity index (χ4v) is 2.76. The van der Waals surface area contributed by atoms with Crippen LogP contribution in [0.3, 0.4) is 0 Å². The van der Waals surface area contributed by atoms with E-state index in [0.717, 1.165) is 64.3 Å². The van der Waals surface area contributed by atoms with Gasteiger partial charge in [0.05, 0.1) is 5.75 Å². The molecule has 24 heavy (non-hydrogen) atoms. The smallest absolute Gasteiger partial charge is 0.314 e. The van der Waals surface area contributed by atoms with Gasteiger partial charge in [-0.3, -0.25) is 4.55 Å². The van der Waals surface area contributed by atoms with Crippen LogP contribution in [0.15, 0.2) is 12.2 Å². The number of carbonyl (C=O) groups excluding carboxylic acids is 1. The summed E-state index contributed by atoms with van der Waals surface area (Å²) in [6, 6.07) is -0.0773. The predicted octanol–water partition coefficient (Wildman–Crippen LogP) is 3.65. The number of carbonyl (C=O) groups is 1. The van der Waals surface area contributed by atoms with Gasteiger partial charge < -0.3 is 10.6 Å². The Labute approximate surface area is 147 Å². The minimum Gasteiger partial charge on any atom is -0.338 e. The van der Waals surface area contributed by atoms with E-state index in [-0.39, 0.29) is 11.8 Å².